The Kier molecular flexibility index (Phi) is 4.68. The van der Waals surface area contributed by atoms with Crippen molar-refractivity contribution in [1.29, 1.82) is 0 Å². The molecule has 3 rings (SSSR count). The van der Waals surface area contributed by atoms with Gasteiger partial charge in [0, 0.05) is 38.1 Å². The van der Waals surface area contributed by atoms with Crippen LogP contribution in [0.25, 0.3) is 0 Å². The zero-order valence-corrected chi connectivity index (χ0v) is 14.2. The summed E-state index contributed by atoms with van der Waals surface area (Å²) in [5.41, 5.74) is 1.07. The lowest BCUT2D eigenvalue weighted by Crippen LogP contribution is -2.46. The molecule has 0 radical (unpaired) electrons. The Morgan fingerprint density at radius 2 is 2.00 bits per heavy atom. The summed E-state index contributed by atoms with van der Waals surface area (Å²) in [5, 5.41) is 0. The molecular weight excluding hydrogens is 314 g/mol. The maximum Gasteiger partial charge on any atom is 0.227 e. The molecule has 1 amide bonds. The van der Waals surface area contributed by atoms with Crippen molar-refractivity contribution < 1.29 is 13.2 Å². The highest BCUT2D eigenvalue weighted by Crippen LogP contribution is 2.31. The van der Waals surface area contributed by atoms with Crippen molar-refractivity contribution in [2.24, 2.45) is 5.92 Å². The van der Waals surface area contributed by atoms with Crippen LogP contribution < -0.4 is 0 Å². The van der Waals surface area contributed by atoms with Gasteiger partial charge in [0.25, 0.3) is 0 Å². The molecule has 0 bridgehead atoms. The van der Waals surface area contributed by atoms with Crippen molar-refractivity contribution in [2.75, 3.05) is 19.3 Å². The highest BCUT2D eigenvalue weighted by Gasteiger charge is 2.38. The van der Waals surface area contributed by atoms with Crippen molar-refractivity contribution in [3.8, 4) is 0 Å². The maximum absolute atomic E-state index is 12.9. The number of hydrogen-bond acceptors (Lipinski definition) is 4. The van der Waals surface area contributed by atoms with Gasteiger partial charge in [0.1, 0.15) is 0 Å². The van der Waals surface area contributed by atoms with E-state index in [0.717, 1.165) is 31.2 Å². The van der Waals surface area contributed by atoms with Gasteiger partial charge in [-0.1, -0.05) is 0 Å². The van der Waals surface area contributed by atoms with E-state index < -0.39 is 10.0 Å². The van der Waals surface area contributed by atoms with E-state index in [1.54, 1.807) is 12.4 Å². The smallest absolute Gasteiger partial charge is 0.227 e. The second kappa shape index (κ2) is 6.57. The summed E-state index contributed by atoms with van der Waals surface area (Å²) in [5.74, 6) is -0.126. The number of nitrogens with zero attached hydrogens (tertiary/aromatic N) is 3. The van der Waals surface area contributed by atoms with Crippen molar-refractivity contribution in [3.63, 3.8) is 0 Å². The van der Waals surface area contributed by atoms with Gasteiger partial charge >= 0.3 is 0 Å². The topological polar surface area (TPSA) is 70.6 Å². The quantitative estimate of drug-likeness (QED) is 0.811. The molecule has 1 aromatic heterocycles. The number of rotatable bonds is 5. The van der Waals surface area contributed by atoms with Crippen molar-refractivity contribution in [3.05, 3.63) is 30.1 Å². The van der Waals surface area contributed by atoms with Gasteiger partial charge < -0.3 is 4.90 Å². The van der Waals surface area contributed by atoms with Crippen LogP contribution >= 0.6 is 0 Å². The Morgan fingerprint density at radius 1 is 1.30 bits per heavy atom. The highest BCUT2D eigenvalue weighted by molar-refractivity contribution is 7.88. The number of carbonyl (C=O) groups excluding carboxylic acids is 1. The number of hydrogen-bond donors (Lipinski definition) is 0. The number of aromatic nitrogens is 1. The van der Waals surface area contributed by atoms with Gasteiger partial charge in [0.05, 0.1) is 12.2 Å². The lowest BCUT2D eigenvalue weighted by atomic mass is 9.97. The summed E-state index contributed by atoms with van der Waals surface area (Å²) in [6, 6.07) is 4.16. The van der Waals surface area contributed by atoms with Crippen molar-refractivity contribution >= 4 is 15.9 Å². The molecule has 1 aromatic rings. The lowest BCUT2D eigenvalue weighted by Gasteiger charge is -2.34. The van der Waals surface area contributed by atoms with E-state index in [1.807, 2.05) is 17.0 Å². The average Bonchev–Trinajstić information content (AvgIpc) is 3.37. The molecule has 1 aliphatic carbocycles. The van der Waals surface area contributed by atoms with Crippen molar-refractivity contribution in [1.82, 2.24) is 14.2 Å². The normalized spacial score (nSPS) is 22.7. The number of pyridine rings is 1. The van der Waals surface area contributed by atoms with E-state index >= 15 is 0 Å². The minimum Gasteiger partial charge on any atom is -0.335 e. The first-order chi connectivity index (χ1) is 10.9. The Bertz CT molecular complexity index is 658. The Morgan fingerprint density at radius 3 is 2.61 bits per heavy atom. The molecule has 0 aromatic carbocycles. The molecule has 1 saturated carbocycles. The monoisotopic (exact) mass is 337 g/mol. The zero-order valence-electron chi connectivity index (χ0n) is 13.4. The molecule has 126 valence electrons. The molecule has 23 heavy (non-hydrogen) atoms. The van der Waals surface area contributed by atoms with Gasteiger partial charge in [-0.15, -0.1) is 0 Å². The molecule has 2 fully saturated rings. The van der Waals surface area contributed by atoms with Gasteiger partial charge in [-0.05, 0) is 43.4 Å². The third kappa shape index (κ3) is 4.09. The predicted molar refractivity (Wildman–Crippen MR) is 86.9 cm³/mol. The van der Waals surface area contributed by atoms with Crippen LogP contribution in [0.5, 0.6) is 0 Å². The molecule has 1 atom stereocenters. The molecule has 2 heterocycles. The molecule has 7 heteroatoms. The molecule has 0 N–H and O–H groups in total. The average molecular weight is 337 g/mol. The fourth-order valence-corrected chi connectivity index (χ4v) is 4.05. The second-order valence-corrected chi connectivity index (χ2v) is 8.50. The molecular formula is C16H23N3O3S. The van der Waals surface area contributed by atoms with Gasteiger partial charge in [0.15, 0.2) is 0 Å². The minimum atomic E-state index is -3.23. The standard InChI is InChI=1S/C16H23N3O3S/c1-23(21,22)18-10-2-3-14(12-18)16(20)19(15-4-5-15)11-13-6-8-17-9-7-13/h6-9,14-15H,2-5,10-12H2,1H3/t14-/m0/s1. The van der Waals surface area contributed by atoms with Crippen LogP contribution in [0.1, 0.15) is 31.2 Å². The van der Waals surface area contributed by atoms with E-state index in [0.29, 0.717) is 25.7 Å². The van der Waals surface area contributed by atoms with E-state index in [4.69, 9.17) is 0 Å². The fourth-order valence-electron chi connectivity index (χ4n) is 3.14. The van der Waals surface area contributed by atoms with Crippen LogP contribution in [0.4, 0.5) is 0 Å². The molecule has 1 saturated heterocycles. The fraction of sp³-hybridized carbons (Fsp3) is 0.625. The summed E-state index contributed by atoms with van der Waals surface area (Å²) < 4.78 is 25.0. The summed E-state index contributed by atoms with van der Waals surface area (Å²) in [7, 11) is -3.23. The number of sulfonamides is 1. The Labute approximate surface area is 137 Å². The summed E-state index contributed by atoms with van der Waals surface area (Å²) in [6.07, 6.45) is 8.28. The number of amides is 1. The van der Waals surface area contributed by atoms with E-state index in [-0.39, 0.29) is 11.8 Å². The maximum atomic E-state index is 12.9. The third-order valence-electron chi connectivity index (χ3n) is 4.58. The molecule has 6 nitrogen and oxygen atoms in total. The van der Waals surface area contributed by atoms with Crippen LogP contribution in [0.2, 0.25) is 0 Å². The van der Waals surface area contributed by atoms with Gasteiger partial charge in [-0.3, -0.25) is 9.78 Å². The molecule has 0 spiro atoms. The molecule has 1 aliphatic heterocycles. The first-order valence-corrected chi connectivity index (χ1v) is 9.94. The van der Waals surface area contributed by atoms with Crippen LogP contribution in [0.3, 0.4) is 0 Å². The third-order valence-corrected chi connectivity index (χ3v) is 5.85. The SMILES string of the molecule is CS(=O)(=O)N1CCC[C@H](C(=O)N(Cc2ccncc2)C2CC2)C1. The van der Waals surface area contributed by atoms with Crippen LogP contribution in [-0.4, -0.2) is 53.9 Å². The minimum absolute atomic E-state index is 0.0951. The Hall–Kier alpha value is -1.47. The second-order valence-electron chi connectivity index (χ2n) is 6.51. The summed E-state index contributed by atoms with van der Waals surface area (Å²) in [4.78, 5) is 18.9. The van der Waals surface area contributed by atoms with Crippen LogP contribution in [-0.2, 0) is 21.4 Å². The van der Waals surface area contributed by atoms with E-state index in [2.05, 4.69) is 4.98 Å². The van der Waals surface area contributed by atoms with Gasteiger partial charge in [-0.25, -0.2) is 12.7 Å². The largest absolute Gasteiger partial charge is 0.335 e. The van der Waals surface area contributed by atoms with E-state index in [9.17, 15) is 13.2 Å². The van der Waals surface area contributed by atoms with Crippen molar-refractivity contribution in [2.45, 2.75) is 38.3 Å². The molecule has 0 unspecified atom stereocenters. The van der Waals surface area contributed by atoms with Crippen LogP contribution in [0.15, 0.2) is 24.5 Å². The van der Waals surface area contributed by atoms with E-state index in [1.165, 1.54) is 10.6 Å². The number of piperidine rings is 1. The lowest BCUT2D eigenvalue weighted by molar-refractivity contribution is -0.138. The summed E-state index contributed by atoms with van der Waals surface area (Å²) in [6.45, 7) is 1.43. The van der Waals surface area contributed by atoms with Gasteiger partial charge in [-0.2, -0.15) is 0 Å². The summed E-state index contributed by atoms with van der Waals surface area (Å²) >= 11 is 0. The van der Waals surface area contributed by atoms with Gasteiger partial charge in [0.2, 0.25) is 15.9 Å². The number of carbonyl (C=O) groups is 1. The first kappa shape index (κ1) is 16.4. The Balaban J connectivity index is 1.71. The highest BCUT2D eigenvalue weighted by atomic mass is 32.2. The predicted octanol–water partition coefficient (Wildman–Crippen LogP) is 1.24. The zero-order chi connectivity index (χ0) is 16.4. The van der Waals surface area contributed by atoms with Crippen LogP contribution in [0, 0.1) is 5.92 Å². The molecule has 2 aliphatic rings. The first-order valence-electron chi connectivity index (χ1n) is 8.09.